The number of pyridine rings is 2. The van der Waals surface area contributed by atoms with E-state index in [0.29, 0.717) is 0 Å². The summed E-state index contributed by atoms with van der Waals surface area (Å²) < 4.78 is 4.69. The molecule has 4 heterocycles. The van der Waals surface area contributed by atoms with Gasteiger partial charge < -0.3 is 18.9 Å². The Morgan fingerprint density at radius 3 is 0.970 bits per heavy atom. The molecule has 0 aliphatic heterocycles. The maximum absolute atomic E-state index is 4.88. The summed E-state index contributed by atoms with van der Waals surface area (Å²) in [6.45, 7) is 4.33. The van der Waals surface area contributed by atoms with Crippen molar-refractivity contribution in [2.75, 3.05) is 9.80 Å². The van der Waals surface area contributed by atoms with Crippen LogP contribution in [0.2, 0.25) is 0 Å². The van der Waals surface area contributed by atoms with Gasteiger partial charge in [-0.25, -0.2) is 0 Å². The summed E-state index contributed by atoms with van der Waals surface area (Å²) in [4.78, 5) is 14.4. The van der Waals surface area contributed by atoms with Crippen molar-refractivity contribution < 1.29 is 0 Å². The van der Waals surface area contributed by atoms with Crippen molar-refractivity contribution >= 4 is 77.7 Å². The van der Waals surface area contributed by atoms with Crippen LogP contribution in [0.5, 0.6) is 0 Å². The number of hydrogen-bond donors (Lipinski definition) is 0. The molecule has 6 heteroatoms. The molecule has 4 aromatic heterocycles. The van der Waals surface area contributed by atoms with Crippen molar-refractivity contribution in [2.24, 2.45) is 0 Å². The fraction of sp³-hybridized carbons (Fsp3) is 0.0333. The minimum Gasteiger partial charge on any atom is -0.310 e. The van der Waals surface area contributed by atoms with E-state index in [-0.39, 0.29) is 0 Å². The van der Waals surface area contributed by atoms with Gasteiger partial charge >= 0.3 is 0 Å². The first-order chi connectivity index (χ1) is 32.6. The predicted molar refractivity (Wildman–Crippen MR) is 275 cm³/mol. The van der Waals surface area contributed by atoms with E-state index in [0.717, 1.165) is 78.7 Å². The van der Waals surface area contributed by atoms with Crippen LogP contribution in [0.3, 0.4) is 0 Å². The number of aryl methyl sites for hydroxylation is 2. The highest BCUT2D eigenvalue weighted by Crippen LogP contribution is 2.42. The van der Waals surface area contributed by atoms with E-state index in [4.69, 9.17) is 9.97 Å². The van der Waals surface area contributed by atoms with E-state index >= 15 is 0 Å². The summed E-state index contributed by atoms with van der Waals surface area (Å²) in [6.07, 6.45) is 7.83. The Morgan fingerprint density at radius 1 is 0.303 bits per heavy atom. The molecule has 0 atom stereocenters. The number of rotatable bonds is 9. The van der Waals surface area contributed by atoms with Crippen LogP contribution in [0.15, 0.2) is 231 Å². The Kier molecular flexibility index (Phi) is 9.50. The third-order valence-corrected chi connectivity index (χ3v) is 12.7. The van der Waals surface area contributed by atoms with Gasteiger partial charge in [0.15, 0.2) is 0 Å². The molecule has 0 aliphatic carbocycles. The number of fused-ring (bicyclic) bond motifs is 6. The molecule has 0 bridgehead atoms. The fourth-order valence-corrected chi connectivity index (χ4v) is 9.70. The lowest BCUT2D eigenvalue weighted by Gasteiger charge is -2.25. The first kappa shape index (κ1) is 38.9. The number of benzene rings is 8. The van der Waals surface area contributed by atoms with Crippen LogP contribution >= 0.6 is 0 Å². The van der Waals surface area contributed by atoms with Gasteiger partial charge in [0.25, 0.3) is 0 Å². The molecule has 12 rings (SSSR count). The Hall–Kier alpha value is -8.74. The quantitative estimate of drug-likeness (QED) is 0.145. The second-order valence-corrected chi connectivity index (χ2v) is 17.0. The van der Waals surface area contributed by atoms with Gasteiger partial charge in [-0.1, -0.05) is 96.1 Å². The highest BCUT2D eigenvalue weighted by molar-refractivity contribution is 6.12. The lowest BCUT2D eigenvalue weighted by atomic mass is 10.1. The van der Waals surface area contributed by atoms with Crippen molar-refractivity contribution in [1.29, 1.82) is 0 Å². The van der Waals surface area contributed by atoms with Gasteiger partial charge in [-0.15, -0.1) is 0 Å². The summed E-state index contributed by atoms with van der Waals surface area (Å²) in [5.74, 6) is 0. The SMILES string of the molecule is Cc1ccc2c(c1)c1cc(N(c3ccccc3)c3ccccc3)ccc1n2-c1cncc(-c2cncc(-n3c4ccc(C)cc4c4cc(N(c5ccccc5)c5ccccc5)ccc43)c2)c1. The van der Waals surface area contributed by atoms with Gasteiger partial charge in [0, 0.05) is 79.2 Å². The number of aromatic nitrogens is 4. The van der Waals surface area contributed by atoms with Crippen LogP contribution in [-0.2, 0) is 0 Å². The highest BCUT2D eigenvalue weighted by atomic mass is 15.1. The lowest BCUT2D eigenvalue weighted by Crippen LogP contribution is -2.09. The van der Waals surface area contributed by atoms with Gasteiger partial charge in [0.1, 0.15) is 0 Å². The van der Waals surface area contributed by atoms with E-state index in [1.165, 1.54) is 32.7 Å². The minimum atomic E-state index is 0.985. The van der Waals surface area contributed by atoms with Crippen molar-refractivity contribution in [3.63, 3.8) is 0 Å². The molecule has 0 fully saturated rings. The second-order valence-electron chi connectivity index (χ2n) is 17.0. The zero-order valence-electron chi connectivity index (χ0n) is 36.6. The summed E-state index contributed by atoms with van der Waals surface area (Å²) >= 11 is 0. The molecule has 66 heavy (non-hydrogen) atoms. The maximum Gasteiger partial charge on any atom is 0.0651 e. The van der Waals surface area contributed by atoms with Crippen molar-refractivity contribution in [3.05, 3.63) is 242 Å². The van der Waals surface area contributed by atoms with E-state index < -0.39 is 0 Å². The van der Waals surface area contributed by atoms with Crippen LogP contribution in [0.1, 0.15) is 11.1 Å². The minimum absolute atomic E-state index is 0.985. The van der Waals surface area contributed by atoms with Crippen molar-refractivity contribution in [1.82, 2.24) is 19.1 Å². The Balaban J connectivity index is 0.971. The molecule has 0 radical (unpaired) electrons. The summed E-state index contributed by atoms with van der Waals surface area (Å²) in [5, 5.41) is 4.75. The Bertz CT molecular complexity index is 3400. The molecule has 0 saturated carbocycles. The number of hydrogen-bond acceptors (Lipinski definition) is 4. The zero-order chi connectivity index (χ0) is 44.1. The van der Waals surface area contributed by atoms with Gasteiger partial charge in [0.05, 0.1) is 45.8 Å². The van der Waals surface area contributed by atoms with E-state index in [9.17, 15) is 0 Å². The van der Waals surface area contributed by atoms with Crippen molar-refractivity contribution in [3.8, 4) is 22.5 Å². The smallest absolute Gasteiger partial charge is 0.0651 e. The first-order valence-corrected chi connectivity index (χ1v) is 22.4. The molecule has 0 N–H and O–H groups in total. The second kappa shape index (κ2) is 16.1. The topological polar surface area (TPSA) is 42.1 Å². The van der Waals surface area contributed by atoms with E-state index in [2.05, 4.69) is 239 Å². The molecular weight excluding hydrogens is 805 g/mol. The summed E-state index contributed by atoms with van der Waals surface area (Å²) in [5.41, 5.74) is 17.5. The van der Waals surface area contributed by atoms with Gasteiger partial charge in [-0.2, -0.15) is 0 Å². The van der Waals surface area contributed by atoms with Crippen molar-refractivity contribution in [2.45, 2.75) is 13.8 Å². The van der Waals surface area contributed by atoms with E-state index in [1.807, 2.05) is 24.8 Å². The van der Waals surface area contributed by atoms with Gasteiger partial charge in [-0.3, -0.25) is 9.97 Å². The number of nitrogens with zero attached hydrogens (tertiary/aromatic N) is 6. The Morgan fingerprint density at radius 2 is 0.621 bits per heavy atom. The average Bonchev–Trinajstić information content (AvgIpc) is 3.87. The number of anilines is 6. The largest absolute Gasteiger partial charge is 0.310 e. The highest BCUT2D eigenvalue weighted by Gasteiger charge is 2.20. The normalized spacial score (nSPS) is 11.5. The molecule has 8 aromatic carbocycles. The molecule has 0 amide bonds. The number of para-hydroxylation sites is 4. The summed E-state index contributed by atoms with van der Waals surface area (Å²) in [6, 6.07) is 73.9. The van der Waals surface area contributed by atoms with Crippen LogP contribution in [0.25, 0.3) is 66.1 Å². The maximum atomic E-state index is 4.88. The first-order valence-electron chi connectivity index (χ1n) is 22.4. The molecule has 0 unspecified atom stereocenters. The van der Waals surface area contributed by atoms with E-state index in [1.54, 1.807) is 0 Å². The molecule has 6 nitrogen and oxygen atoms in total. The molecule has 0 aliphatic rings. The zero-order valence-corrected chi connectivity index (χ0v) is 36.6. The van der Waals surface area contributed by atoms with Crippen LogP contribution in [0, 0.1) is 13.8 Å². The summed E-state index contributed by atoms with van der Waals surface area (Å²) in [7, 11) is 0. The van der Waals surface area contributed by atoms with Crippen LogP contribution < -0.4 is 9.80 Å². The average molecular weight is 849 g/mol. The van der Waals surface area contributed by atoms with Gasteiger partial charge in [0.2, 0.25) is 0 Å². The fourth-order valence-electron chi connectivity index (χ4n) is 9.70. The molecule has 0 spiro atoms. The molecule has 12 aromatic rings. The van der Waals surface area contributed by atoms with Crippen LogP contribution in [0.4, 0.5) is 34.1 Å². The Labute approximate surface area is 383 Å². The third-order valence-electron chi connectivity index (χ3n) is 12.7. The predicted octanol–water partition coefficient (Wildman–Crippen LogP) is 15.9. The monoisotopic (exact) mass is 848 g/mol. The molecule has 314 valence electrons. The lowest BCUT2D eigenvalue weighted by molar-refractivity contribution is 1.13. The third kappa shape index (κ3) is 6.75. The molecular formula is C60H44N6. The van der Waals surface area contributed by atoms with Crippen LogP contribution in [-0.4, -0.2) is 19.1 Å². The molecule has 0 saturated heterocycles. The van der Waals surface area contributed by atoms with Gasteiger partial charge in [-0.05, 0) is 135 Å². The standard InChI is InChI=1S/C60H44N6/c1-41-23-27-57-53(31-41)55-35-49(63(45-15-7-3-8-16-45)46-17-9-4-10-18-46)25-29-59(55)65(57)51-33-43(37-61-39-51)44-34-52(40-62-38-44)66-58-28-24-42(2)32-54(58)56-36-50(26-30-60(56)66)64(47-19-11-5-12-20-47)48-21-13-6-14-22-48/h3-40H,1-2H3.